The van der Waals surface area contributed by atoms with Gasteiger partial charge in [-0.05, 0) is 20.4 Å². The van der Waals surface area contributed by atoms with Gasteiger partial charge in [0.2, 0.25) is 5.91 Å². The Labute approximate surface area is 133 Å². The van der Waals surface area contributed by atoms with E-state index in [1.54, 1.807) is 18.5 Å². The zero-order chi connectivity index (χ0) is 17.1. The number of likely N-dealkylation sites (N-methyl/N-ethyl adjacent to an activating group) is 1. The molecule has 0 radical (unpaired) electrons. The molecule has 0 aromatic carbocycles. The molecule has 0 aliphatic heterocycles. The van der Waals surface area contributed by atoms with Gasteiger partial charge >= 0.3 is 0 Å². The van der Waals surface area contributed by atoms with E-state index in [-0.39, 0.29) is 17.9 Å². The number of hydrogen-bond acceptors (Lipinski definition) is 4. The summed E-state index contributed by atoms with van der Waals surface area (Å²) in [6, 6.07) is 1.91. The molecule has 0 bridgehead atoms. The van der Waals surface area contributed by atoms with Crippen molar-refractivity contribution in [3.8, 4) is 0 Å². The third-order valence-corrected chi connectivity index (χ3v) is 3.34. The summed E-state index contributed by atoms with van der Waals surface area (Å²) >= 11 is 0. The maximum absolute atomic E-state index is 12.2. The lowest BCUT2D eigenvalue weighted by Gasteiger charge is -2.27. The van der Waals surface area contributed by atoms with E-state index in [1.807, 2.05) is 24.9 Å². The average Bonchev–Trinajstić information content (AvgIpc) is 2.68. The second-order valence-corrected chi connectivity index (χ2v) is 7.45. The van der Waals surface area contributed by atoms with Crippen LogP contribution in [-0.2, 0) is 17.3 Å². The van der Waals surface area contributed by atoms with E-state index in [4.69, 9.17) is 0 Å². The van der Waals surface area contributed by atoms with Crippen molar-refractivity contribution in [2.24, 2.45) is 7.05 Å². The number of hydrogen-bond donors (Lipinski definition) is 2. The molecule has 22 heavy (non-hydrogen) atoms. The van der Waals surface area contributed by atoms with Crippen molar-refractivity contribution in [1.29, 1.82) is 0 Å². The van der Waals surface area contributed by atoms with Crippen molar-refractivity contribution < 1.29 is 9.90 Å². The molecule has 0 spiro atoms. The van der Waals surface area contributed by atoms with Crippen molar-refractivity contribution >= 4 is 11.7 Å². The average molecular weight is 310 g/mol. The molecule has 1 amide bonds. The largest absolute Gasteiger partial charge is 0.389 e. The molecule has 1 aromatic rings. The summed E-state index contributed by atoms with van der Waals surface area (Å²) in [6.07, 6.45) is 0. The topological polar surface area (TPSA) is 70.4 Å². The van der Waals surface area contributed by atoms with Crippen molar-refractivity contribution in [1.82, 2.24) is 14.7 Å². The molecule has 6 nitrogen and oxygen atoms in total. The number of carbonyl (C=O) groups is 1. The van der Waals surface area contributed by atoms with Gasteiger partial charge in [0.05, 0.1) is 17.8 Å². The van der Waals surface area contributed by atoms with Crippen molar-refractivity contribution in [3.63, 3.8) is 0 Å². The van der Waals surface area contributed by atoms with Gasteiger partial charge in [0.15, 0.2) is 0 Å². The Kier molecular flexibility index (Phi) is 5.76. The Balaban J connectivity index is 2.71. The third-order valence-electron chi connectivity index (χ3n) is 3.34. The minimum atomic E-state index is -0.817. The molecule has 126 valence electrons. The maximum Gasteiger partial charge on any atom is 0.239 e. The Morgan fingerprint density at radius 2 is 1.95 bits per heavy atom. The number of rotatable bonds is 6. The Morgan fingerprint density at radius 3 is 2.36 bits per heavy atom. The number of nitrogens with zero attached hydrogens (tertiary/aromatic N) is 3. The van der Waals surface area contributed by atoms with Crippen LogP contribution in [0.2, 0.25) is 0 Å². The monoisotopic (exact) mass is 310 g/mol. The number of anilines is 1. The van der Waals surface area contributed by atoms with E-state index in [0.29, 0.717) is 18.9 Å². The summed E-state index contributed by atoms with van der Waals surface area (Å²) in [7, 11) is 1.82. The first-order chi connectivity index (χ1) is 9.92. The normalized spacial score (nSPS) is 12.8. The van der Waals surface area contributed by atoms with Crippen LogP contribution < -0.4 is 5.32 Å². The van der Waals surface area contributed by atoms with Gasteiger partial charge in [0.25, 0.3) is 0 Å². The van der Waals surface area contributed by atoms with E-state index in [1.165, 1.54) is 0 Å². The lowest BCUT2D eigenvalue weighted by molar-refractivity contribution is -0.117. The lowest BCUT2D eigenvalue weighted by atomic mass is 9.92. The van der Waals surface area contributed by atoms with Crippen LogP contribution in [0, 0.1) is 0 Å². The van der Waals surface area contributed by atoms with E-state index in [9.17, 15) is 9.90 Å². The Hall–Kier alpha value is -1.40. The number of carbonyl (C=O) groups excluding carboxylic acids is 1. The molecule has 0 aliphatic rings. The maximum atomic E-state index is 12.2. The van der Waals surface area contributed by atoms with Crippen LogP contribution in [0.15, 0.2) is 6.07 Å². The molecule has 1 aromatic heterocycles. The van der Waals surface area contributed by atoms with Gasteiger partial charge in [0, 0.05) is 25.1 Å². The van der Waals surface area contributed by atoms with Crippen LogP contribution in [0.25, 0.3) is 0 Å². The minimum absolute atomic E-state index is 0.0584. The van der Waals surface area contributed by atoms with Gasteiger partial charge in [-0.2, -0.15) is 5.10 Å². The number of aliphatic hydroxyl groups is 1. The standard InChI is InChI=1S/C16H30N4O2/c1-8-20(11-16(5,6)22)10-14(21)17-13-9-12(15(2,3)4)18-19(13)7/h9,22H,8,10-11H2,1-7H3,(H,17,21). The van der Waals surface area contributed by atoms with E-state index in [2.05, 4.69) is 31.2 Å². The van der Waals surface area contributed by atoms with Gasteiger partial charge in [0.1, 0.15) is 5.82 Å². The number of nitrogens with one attached hydrogen (secondary N) is 1. The number of aromatic nitrogens is 2. The fourth-order valence-corrected chi connectivity index (χ4v) is 2.16. The van der Waals surface area contributed by atoms with Crippen LogP contribution in [0.5, 0.6) is 0 Å². The molecule has 1 rings (SSSR count). The molecule has 6 heteroatoms. The molecular formula is C16H30N4O2. The molecule has 0 aliphatic carbocycles. The third kappa shape index (κ3) is 5.77. The first kappa shape index (κ1) is 18.6. The second-order valence-electron chi connectivity index (χ2n) is 7.45. The van der Waals surface area contributed by atoms with Crippen LogP contribution in [0.1, 0.15) is 47.2 Å². The first-order valence-corrected chi connectivity index (χ1v) is 7.71. The van der Waals surface area contributed by atoms with Crippen LogP contribution in [0.3, 0.4) is 0 Å². The lowest BCUT2D eigenvalue weighted by Crippen LogP contribution is -2.42. The van der Waals surface area contributed by atoms with Gasteiger partial charge in [-0.15, -0.1) is 0 Å². The highest BCUT2D eigenvalue weighted by molar-refractivity contribution is 5.91. The number of amides is 1. The highest BCUT2D eigenvalue weighted by atomic mass is 16.3. The van der Waals surface area contributed by atoms with Gasteiger partial charge in [-0.1, -0.05) is 27.7 Å². The molecule has 0 unspecified atom stereocenters. The minimum Gasteiger partial charge on any atom is -0.389 e. The molecule has 0 saturated carbocycles. The zero-order valence-electron chi connectivity index (χ0n) is 14.9. The van der Waals surface area contributed by atoms with Gasteiger partial charge < -0.3 is 10.4 Å². The predicted molar refractivity (Wildman–Crippen MR) is 88.9 cm³/mol. The van der Waals surface area contributed by atoms with Crippen LogP contribution in [0.4, 0.5) is 5.82 Å². The SMILES string of the molecule is CCN(CC(=O)Nc1cc(C(C)(C)C)nn1C)CC(C)(C)O. The summed E-state index contributed by atoms with van der Waals surface area (Å²) in [5.41, 5.74) is 0.0634. The van der Waals surface area contributed by atoms with Gasteiger partial charge in [-0.3, -0.25) is 14.4 Å². The fraction of sp³-hybridized carbons (Fsp3) is 0.750. The molecule has 0 saturated heterocycles. The smallest absolute Gasteiger partial charge is 0.239 e. The highest BCUT2D eigenvalue weighted by Crippen LogP contribution is 2.23. The zero-order valence-corrected chi connectivity index (χ0v) is 14.9. The first-order valence-electron chi connectivity index (χ1n) is 7.71. The molecule has 2 N–H and O–H groups in total. The van der Waals surface area contributed by atoms with E-state index in [0.717, 1.165) is 5.69 Å². The highest BCUT2D eigenvalue weighted by Gasteiger charge is 2.21. The predicted octanol–water partition coefficient (Wildman–Crippen LogP) is 1.75. The van der Waals surface area contributed by atoms with E-state index < -0.39 is 5.60 Å². The fourth-order valence-electron chi connectivity index (χ4n) is 2.16. The molecular weight excluding hydrogens is 280 g/mol. The Morgan fingerprint density at radius 1 is 1.36 bits per heavy atom. The molecule has 0 fully saturated rings. The van der Waals surface area contributed by atoms with Crippen LogP contribution in [-0.4, -0.2) is 50.9 Å². The summed E-state index contributed by atoms with van der Waals surface area (Å²) in [4.78, 5) is 14.1. The van der Waals surface area contributed by atoms with E-state index >= 15 is 0 Å². The van der Waals surface area contributed by atoms with Crippen molar-refractivity contribution in [2.45, 2.75) is 52.6 Å². The molecule has 1 heterocycles. The summed E-state index contributed by atoms with van der Waals surface area (Å²) in [5.74, 6) is 0.587. The molecule has 0 atom stereocenters. The summed E-state index contributed by atoms with van der Waals surface area (Å²) < 4.78 is 1.69. The number of aryl methyl sites for hydroxylation is 1. The second kappa shape index (κ2) is 6.79. The summed E-state index contributed by atoms with van der Waals surface area (Å²) in [5, 5.41) is 17.2. The van der Waals surface area contributed by atoms with Crippen LogP contribution >= 0.6 is 0 Å². The Bertz CT molecular complexity index is 509. The quantitative estimate of drug-likeness (QED) is 0.840. The van der Waals surface area contributed by atoms with Gasteiger partial charge in [-0.25, -0.2) is 0 Å². The van der Waals surface area contributed by atoms with Crippen molar-refractivity contribution in [2.75, 3.05) is 25.0 Å². The van der Waals surface area contributed by atoms with Crippen molar-refractivity contribution in [3.05, 3.63) is 11.8 Å². The summed E-state index contributed by atoms with van der Waals surface area (Å²) in [6.45, 7) is 13.1.